The molecule has 0 radical (unpaired) electrons. The molecule has 0 aromatic heterocycles. The molecule has 0 saturated heterocycles. The van der Waals surface area contributed by atoms with E-state index in [9.17, 15) is 17.6 Å². The first kappa shape index (κ1) is 17.2. The number of amides is 1. The predicted molar refractivity (Wildman–Crippen MR) is 87.4 cm³/mol. The van der Waals surface area contributed by atoms with Gasteiger partial charge in [-0.1, -0.05) is 0 Å². The number of benzene rings is 2. The maximum atomic E-state index is 12.9. The van der Waals surface area contributed by atoms with Crippen molar-refractivity contribution in [3.63, 3.8) is 0 Å². The zero-order valence-corrected chi connectivity index (χ0v) is 14.0. The van der Waals surface area contributed by atoms with Crippen molar-refractivity contribution in [2.24, 2.45) is 0 Å². The third-order valence-electron chi connectivity index (χ3n) is 3.49. The Morgan fingerprint density at radius 1 is 1.12 bits per heavy atom. The average Bonchev–Trinajstić information content (AvgIpc) is 3.02. The number of hydrogen-bond acceptors (Lipinski definition) is 5. The lowest BCUT2D eigenvalue weighted by Gasteiger charge is -2.14. The Morgan fingerprint density at radius 3 is 2.52 bits per heavy atom. The molecule has 0 bridgehead atoms. The molecule has 0 unspecified atom stereocenters. The molecule has 1 aliphatic rings. The second-order valence-corrected chi connectivity index (χ2v) is 7.07. The predicted octanol–water partition coefficient (Wildman–Crippen LogP) is 1.86. The van der Waals surface area contributed by atoms with Crippen LogP contribution < -0.4 is 19.5 Å². The van der Waals surface area contributed by atoms with E-state index in [4.69, 9.17) is 9.47 Å². The van der Waals surface area contributed by atoms with E-state index in [-0.39, 0.29) is 11.7 Å². The first-order valence-corrected chi connectivity index (χ1v) is 8.82. The van der Waals surface area contributed by atoms with E-state index in [1.54, 1.807) is 18.2 Å². The highest BCUT2D eigenvalue weighted by Gasteiger charge is 2.23. The van der Waals surface area contributed by atoms with Crippen molar-refractivity contribution >= 4 is 21.6 Å². The van der Waals surface area contributed by atoms with Gasteiger partial charge < -0.3 is 14.8 Å². The van der Waals surface area contributed by atoms with Gasteiger partial charge in [-0.25, -0.2) is 12.8 Å². The SMILES string of the molecule is C[C@@H](NS(=O)(=O)c1ccc(F)cc1)C(=O)Nc1ccc2c(c1)OCO2. The van der Waals surface area contributed by atoms with E-state index in [2.05, 4.69) is 10.0 Å². The molecule has 2 aromatic carbocycles. The van der Waals surface area contributed by atoms with Crippen LogP contribution >= 0.6 is 0 Å². The Kier molecular flexibility index (Phi) is 4.60. The van der Waals surface area contributed by atoms with E-state index >= 15 is 0 Å². The molecule has 9 heteroatoms. The van der Waals surface area contributed by atoms with E-state index in [0.29, 0.717) is 17.2 Å². The number of sulfonamides is 1. The lowest BCUT2D eigenvalue weighted by atomic mass is 10.2. The summed E-state index contributed by atoms with van der Waals surface area (Å²) >= 11 is 0. The van der Waals surface area contributed by atoms with Gasteiger partial charge in [-0.15, -0.1) is 0 Å². The lowest BCUT2D eigenvalue weighted by molar-refractivity contribution is -0.117. The van der Waals surface area contributed by atoms with Crippen molar-refractivity contribution in [2.75, 3.05) is 12.1 Å². The smallest absolute Gasteiger partial charge is 0.242 e. The van der Waals surface area contributed by atoms with Crippen LogP contribution in [-0.4, -0.2) is 27.2 Å². The highest BCUT2D eigenvalue weighted by molar-refractivity contribution is 7.89. The topological polar surface area (TPSA) is 93.7 Å². The number of carbonyl (C=O) groups excluding carboxylic acids is 1. The number of fused-ring (bicyclic) bond motifs is 1. The fourth-order valence-electron chi connectivity index (χ4n) is 2.19. The van der Waals surface area contributed by atoms with Gasteiger partial charge in [-0.05, 0) is 43.3 Å². The highest BCUT2D eigenvalue weighted by Crippen LogP contribution is 2.34. The maximum absolute atomic E-state index is 12.9. The van der Waals surface area contributed by atoms with Gasteiger partial charge in [0.1, 0.15) is 5.82 Å². The molecule has 0 fully saturated rings. The quantitative estimate of drug-likeness (QED) is 0.842. The summed E-state index contributed by atoms with van der Waals surface area (Å²) in [5, 5.41) is 2.59. The molecule has 1 heterocycles. The summed E-state index contributed by atoms with van der Waals surface area (Å²) in [6.07, 6.45) is 0. The Hall–Kier alpha value is -2.65. The van der Waals surface area contributed by atoms with Gasteiger partial charge >= 0.3 is 0 Å². The molecule has 0 spiro atoms. The van der Waals surface area contributed by atoms with Crippen molar-refractivity contribution in [3.8, 4) is 11.5 Å². The van der Waals surface area contributed by atoms with E-state index in [0.717, 1.165) is 24.3 Å². The van der Waals surface area contributed by atoms with Crippen LogP contribution in [-0.2, 0) is 14.8 Å². The number of nitrogens with one attached hydrogen (secondary N) is 2. The molecule has 0 aliphatic carbocycles. The van der Waals surface area contributed by atoms with Crippen LogP contribution in [0, 0.1) is 5.82 Å². The average molecular weight is 366 g/mol. The van der Waals surface area contributed by atoms with Crippen molar-refractivity contribution in [3.05, 3.63) is 48.3 Å². The lowest BCUT2D eigenvalue weighted by Crippen LogP contribution is -2.41. The van der Waals surface area contributed by atoms with Gasteiger partial charge in [0.25, 0.3) is 0 Å². The number of hydrogen-bond donors (Lipinski definition) is 2. The second kappa shape index (κ2) is 6.69. The highest BCUT2D eigenvalue weighted by atomic mass is 32.2. The minimum absolute atomic E-state index is 0.112. The summed E-state index contributed by atoms with van der Waals surface area (Å²) in [5.41, 5.74) is 0.446. The molecular weight excluding hydrogens is 351 g/mol. The zero-order valence-electron chi connectivity index (χ0n) is 13.2. The van der Waals surface area contributed by atoms with Crippen molar-refractivity contribution in [1.29, 1.82) is 0 Å². The van der Waals surface area contributed by atoms with E-state index in [1.165, 1.54) is 6.92 Å². The van der Waals surface area contributed by atoms with Gasteiger partial charge in [0.15, 0.2) is 11.5 Å². The minimum Gasteiger partial charge on any atom is -0.454 e. The first-order valence-electron chi connectivity index (χ1n) is 7.33. The molecule has 1 atom stereocenters. The molecule has 3 rings (SSSR count). The van der Waals surface area contributed by atoms with Crippen molar-refractivity contribution in [2.45, 2.75) is 17.9 Å². The fourth-order valence-corrected chi connectivity index (χ4v) is 3.40. The normalized spacial score (nSPS) is 14.2. The van der Waals surface area contributed by atoms with Crippen LogP contribution in [0.2, 0.25) is 0 Å². The number of carbonyl (C=O) groups is 1. The summed E-state index contributed by atoms with van der Waals surface area (Å²) < 4.78 is 50.0. The largest absolute Gasteiger partial charge is 0.454 e. The van der Waals surface area contributed by atoms with Gasteiger partial charge in [-0.3, -0.25) is 4.79 Å². The third kappa shape index (κ3) is 3.89. The molecule has 2 N–H and O–H groups in total. The Morgan fingerprint density at radius 2 is 1.80 bits per heavy atom. The van der Waals surface area contributed by atoms with E-state index < -0.39 is 27.8 Å². The molecule has 25 heavy (non-hydrogen) atoms. The van der Waals surface area contributed by atoms with Crippen LogP contribution in [0.25, 0.3) is 0 Å². The number of ether oxygens (including phenoxy) is 2. The Bertz CT molecular complexity index is 899. The number of anilines is 1. The van der Waals surface area contributed by atoms with Gasteiger partial charge in [0.2, 0.25) is 22.7 Å². The number of rotatable bonds is 5. The maximum Gasteiger partial charge on any atom is 0.242 e. The van der Waals surface area contributed by atoms with Gasteiger partial charge in [0.05, 0.1) is 10.9 Å². The monoisotopic (exact) mass is 366 g/mol. The van der Waals surface area contributed by atoms with Crippen molar-refractivity contribution in [1.82, 2.24) is 4.72 Å². The van der Waals surface area contributed by atoms with Crippen molar-refractivity contribution < 1.29 is 27.1 Å². The minimum atomic E-state index is -3.95. The van der Waals surface area contributed by atoms with Crippen LogP contribution in [0.15, 0.2) is 47.4 Å². The van der Waals surface area contributed by atoms with Crippen LogP contribution in [0.1, 0.15) is 6.92 Å². The summed E-state index contributed by atoms with van der Waals surface area (Å²) in [7, 11) is -3.95. The molecule has 132 valence electrons. The first-order chi connectivity index (χ1) is 11.8. The molecular formula is C16H15FN2O5S. The van der Waals surface area contributed by atoms with E-state index in [1.807, 2.05) is 0 Å². The summed E-state index contributed by atoms with van der Waals surface area (Å²) in [6.45, 7) is 1.52. The second-order valence-electron chi connectivity index (χ2n) is 5.35. The van der Waals surface area contributed by atoms with Crippen LogP contribution in [0.5, 0.6) is 11.5 Å². The van der Waals surface area contributed by atoms with Gasteiger partial charge in [-0.2, -0.15) is 4.72 Å². The molecule has 0 saturated carbocycles. The molecule has 2 aromatic rings. The Balaban J connectivity index is 1.67. The number of halogens is 1. The van der Waals surface area contributed by atoms with Crippen LogP contribution in [0.3, 0.4) is 0 Å². The molecule has 1 amide bonds. The summed E-state index contributed by atoms with van der Waals surface area (Å²) in [5.74, 6) is -0.0301. The summed E-state index contributed by atoms with van der Waals surface area (Å²) in [6, 6.07) is 8.12. The molecule has 1 aliphatic heterocycles. The standard InChI is InChI=1S/C16H15FN2O5S/c1-10(19-25(21,22)13-5-2-11(17)3-6-13)16(20)18-12-4-7-14-15(8-12)24-9-23-14/h2-8,10,19H,9H2,1H3,(H,18,20)/t10-/m1/s1. The molecule has 7 nitrogen and oxygen atoms in total. The Labute approximate surface area is 143 Å². The fraction of sp³-hybridized carbons (Fsp3) is 0.188. The zero-order chi connectivity index (χ0) is 18.0. The third-order valence-corrected chi connectivity index (χ3v) is 5.05. The van der Waals surface area contributed by atoms with Gasteiger partial charge in [0, 0.05) is 11.8 Å². The van der Waals surface area contributed by atoms with Crippen LogP contribution in [0.4, 0.5) is 10.1 Å². The summed E-state index contributed by atoms with van der Waals surface area (Å²) in [4.78, 5) is 12.1.